The van der Waals surface area contributed by atoms with Crippen LogP contribution in [0.2, 0.25) is 0 Å². The van der Waals surface area contributed by atoms with E-state index in [1.54, 1.807) is 17.0 Å². The van der Waals surface area contributed by atoms with Crippen molar-refractivity contribution in [2.75, 3.05) is 25.0 Å². The summed E-state index contributed by atoms with van der Waals surface area (Å²) in [5.41, 5.74) is 2.71. The maximum atomic E-state index is 12.5. The number of carbonyl (C=O) groups is 3. The van der Waals surface area contributed by atoms with Crippen molar-refractivity contribution >= 4 is 23.7 Å². The Morgan fingerprint density at radius 1 is 1.15 bits per heavy atom. The van der Waals surface area contributed by atoms with E-state index in [1.807, 2.05) is 18.2 Å². The average molecular weight is 354 g/mol. The summed E-state index contributed by atoms with van der Waals surface area (Å²) in [6.45, 7) is 1.87. The fraction of sp³-hybridized carbons (Fsp3) is 0.278. The number of carbonyl (C=O) groups excluding carboxylic acids is 3. The molecule has 8 heteroatoms. The second-order valence-corrected chi connectivity index (χ2v) is 6.25. The van der Waals surface area contributed by atoms with Crippen molar-refractivity contribution in [1.29, 1.82) is 0 Å². The van der Waals surface area contributed by atoms with Gasteiger partial charge in [0.25, 0.3) is 5.91 Å². The number of imide groups is 1. The summed E-state index contributed by atoms with van der Waals surface area (Å²) in [5, 5.41) is 5.33. The van der Waals surface area contributed by atoms with Crippen LogP contribution in [0.25, 0.3) is 0 Å². The normalized spacial score (nSPS) is 16.2. The molecule has 8 nitrogen and oxygen atoms in total. The van der Waals surface area contributed by atoms with Crippen LogP contribution in [0.1, 0.15) is 21.7 Å². The number of hydrogen-bond acceptors (Lipinski definition) is 4. The van der Waals surface area contributed by atoms with Gasteiger partial charge in [0.2, 0.25) is 0 Å². The summed E-state index contributed by atoms with van der Waals surface area (Å²) in [5.74, 6) is 0.168. The van der Waals surface area contributed by atoms with Crippen LogP contribution in [-0.2, 0) is 13.0 Å². The molecule has 1 fully saturated rings. The number of furan rings is 1. The molecule has 1 saturated heterocycles. The highest BCUT2D eigenvalue weighted by Gasteiger charge is 2.27. The molecule has 0 unspecified atom stereocenters. The minimum Gasteiger partial charge on any atom is -0.459 e. The van der Waals surface area contributed by atoms with Crippen molar-refractivity contribution in [2.45, 2.75) is 13.0 Å². The first-order valence-corrected chi connectivity index (χ1v) is 8.43. The summed E-state index contributed by atoms with van der Waals surface area (Å²) in [6.07, 6.45) is 2.22. The van der Waals surface area contributed by atoms with Gasteiger partial charge in [-0.05, 0) is 41.8 Å². The highest BCUT2D eigenvalue weighted by atomic mass is 16.3. The Morgan fingerprint density at radius 2 is 2.04 bits per heavy atom. The molecule has 2 N–H and O–H groups in total. The van der Waals surface area contributed by atoms with Gasteiger partial charge in [-0.1, -0.05) is 6.07 Å². The second kappa shape index (κ2) is 6.55. The van der Waals surface area contributed by atoms with Gasteiger partial charge in [0.05, 0.1) is 6.26 Å². The minimum absolute atomic E-state index is 0.149. The minimum atomic E-state index is -0.459. The third-order valence-corrected chi connectivity index (χ3v) is 4.59. The molecule has 134 valence electrons. The Morgan fingerprint density at radius 3 is 2.77 bits per heavy atom. The highest BCUT2D eigenvalue weighted by molar-refractivity contribution is 6.01. The summed E-state index contributed by atoms with van der Waals surface area (Å²) in [7, 11) is 0. The molecule has 26 heavy (non-hydrogen) atoms. The molecule has 0 spiro atoms. The van der Waals surface area contributed by atoms with Crippen molar-refractivity contribution in [3.63, 3.8) is 0 Å². The van der Waals surface area contributed by atoms with Crippen LogP contribution in [0.4, 0.5) is 15.3 Å². The van der Waals surface area contributed by atoms with Gasteiger partial charge in [-0.15, -0.1) is 0 Å². The lowest BCUT2D eigenvalue weighted by atomic mass is 9.99. The first-order valence-electron chi connectivity index (χ1n) is 8.43. The SMILES string of the molecule is O=C(c1ccco1)N1CCc2ccc(NC(=O)N3CCNC3=O)cc2C1. The number of amides is 5. The van der Waals surface area contributed by atoms with E-state index in [1.165, 1.54) is 6.26 Å². The van der Waals surface area contributed by atoms with Crippen LogP contribution in [-0.4, -0.2) is 47.4 Å². The highest BCUT2D eigenvalue weighted by Crippen LogP contribution is 2.24. The zero-order chi connectivity index (χ0) is 18.1. The van der Waals surface area contributed by atoms with Gasteiger partial charge in [-0.25, -0.2) is 14.5 Å². The van der Waals surface area contributed by atoms with E-state index < -0.39 is 12.1 Å². The van der Waals surface area contributed by atoms with Gasteiger partial charge < -0.3 is 20.0 Å². The molecule has 0 saturated carbocycles. The first-order chi connectivity index (χ1) is 12.6. The van der Waals surface area contributed by atoms with E-state index >= 15 is 0 Å². The van der Waals surface area contributed by atoms with Crippen molar-refractivity contribution in [2.24, 2.45) is 0 Å². The third-order valence-electron chi connectivity index (χ3n) is 4.59. The van der Waals surface area contributed by atoms with E-state index in [0.717, 1.165) is 22.4 Å². The smallest absolute Gasteiger partial charge is 0.330 e. The van der Waals surface area contributed by atoms with E-state index in [2.05, 4.69) is 10.6 Å². The Kier molecular flexibility index (Phi) is 4.08. The maximum absolute atomic E-state index is 12.5. The zero-order valence-electron chi connectivity index (χ0n) is 14.0. The fourth-order valence-corrected chi connectivity index (χ4v) is 3.22. The van der Waals surface area contributed by atoms with Crippen LogP contribution < -0.4 is 10.6 Å². The van der Waals surface area contributed by atoms with Crippen LogP contribution in [0.5, 0.6) is 0 Å². The van der Waals surface area contributed by atoms with Crippen LogP contribution in [0.3, 0.4) is 0 Å². The monoisotopic (exact) mass is 354 g/mol. The first kappa shape index (κ1) is 16.2. The molecule has 0 atom stereocenters. The number of nitrogens with one attached hydrogen (secondary N) is 2. The van der Waals surface area contributed by atoms with Gasteiger partial charge in [0.1, 0.15) is 0 Å². The Bertz CT molecular complexity index is 862. The molecule has 5 amide bonds. The summed E-state index contributed by atoms with van der Waals surface area (Å²) in [6, 6.07) is 8.10. The largest absolute Gasteiger partial charge is 0.459 e. The quantitative estimate of drug-likeness (QED) is 0.863. The number of benzene rings is 1. The van der Waals surface area contributed by atoms with Gasteiger partial charge in [0.15, 0.2) is 5.76 Å². The summed E-state index contributed by atoms with van der Waals surface area (Å²) in [4.78, 5) is 39.1. The van der Waals surface area contributed by atoms with Crippen LogP contribution >= 0.6 is 0 Å². The number of fused-ring (bicyclic) bond motifs is 1. The van der Waals surface area contributed by atoms with E-state index in [-0.39, 0.29) is 5.91 Å². The van der Waals surface area contributed by atoms with E-state index in [0.29, 0.717) is 37.6 Å². The van der Waals surface area contributed by atoms with E-state index in [4.69, 9.17) is 4.42 Å². The molecule has 0 bridgehead atoms. The molecule has 2 aromatic rings. The molecular formula is C18H18N4O4. The van der Waals surface area contributed by atoms with Gasteiger partial charge in [-0.3, -0.25) is 4.79 Å². The predicted octanol–water partition coefficient (Wildman–Crippen LogP) is 2.04. The fourth-order valence-electron chi connectivity index (χ4n) is 3.22. The van der Waals surface area contributed by atoms with Crippen molar-refractivity contribution in [3.8, 4) is 0 Å². The molecule has 2 aliphatic heterocycles. The standard InChI is InChI=1S/C18H18N4O4/c23-16(15-2-1-9-26-15)21-7-5-12-3-4-14(10-13(12)11-21)20-18(25)22-8-6-19-17(22)24/h1-4,9-10H,5-8,11H2,(H,19,24)(H,20,25). The lowest BCUT2D eigenvalue weighted by Gasteiger charge is -2.28. The molecule has 1 aromatic carbocycles. The van der Waals surface area contributed by atoms with Gasteiger partial charge in [-0.2, -0.15) is 0 Å². The molecule has 1 aromatic heterocycles. The van der Waals surface area contributed by atoms with Crippen LogP contribution in [0, 0.1) is 0 Å². The number of rotatable bonds is 2. The lowest BCUT2D eigenvalue weighted by Crippen LogP contribution is -2.38. The Labute approximate surface area is 149 Å². The Balaban J connectivity index is 1.48. The Hall–Kier alpha value is -3.29. The number of hydrogen-bond donors (Lipinski definition) is 2. The lowest BCUT2D eigenvalue weighted by molar-refractivity contribution is 0.0702. The predicted molar refractivity (Wildman–Crippen MR) is 92.7 cm³/mol. The molecule has 2 aliphatic rings. The van der Waals surface area contributed by atoms with Gasteiger partial charge in [0, 0.05) is 31.9 Å². The molecular weight excluding hydrogens is 336 g/mol. The third kappa shape index (κ3) is 3.01. The van der Waals surface area contributed by atoms with Crippen molar-refractivity contribution in [1.82, 2.24) is 15.1 Å². The zero-order valence-corrected chi connectivity index (χ0v) is 14.0. The number of anilines is 1. The molecule has 4 rings (SSSR count). The van der Waals surface area contributed by atoms with Crippen molar-refractivity contribution in [3.05, 3.63) is 53.5 Å². The topological polar surface area (TPSA) is 94.9 Å². The average Bonchev–Trinajstić information content (AvgIpc) is 3.32. The summed E-state index contributed by atoms with van der Waals surface area (Å²) < 4.78 is 5.19. The van der Waals surface area contributed by atoms with E-state index in [9.17, 15) is 14.4 Å². The number of urea groups is 2. The molecule has 3 heterocycles. The maximum Gasteiger partial charge on any atom is 0.330 e. The van der Waals surface area contributed by atoms with Gasteiger partial charge >= 0.3 is 12.1 Å². The summed E-state index contributed by atoms with van der Waals surface area (Å²) >= 11 is 0. The van der Waals surface area contributed by atoms with Crippen LogP contribution in [0.15, 0.2) is 41.0 Å². The van der Waals surface area contributed by atoms with Crippen molar-refractivity contribution < 1.29 is 18.8 Å². The second-order valence-electron chi connectivity index (χ2n) is 6.25. The molecule has 0 radical (unpaired) electrons. The number of nitrogens with zero attached hydrogens (tertiary/aromatic N) is 2. The molecule has 0 aliphatic carbocycles.